The van der Waals surface area contributed by atoms with Crippen molar-refractivity contribution in [1.82, 2.24) is 15.2 Å². The van der Waals surface area contributed by atoms with Crippen molar-refractivity contribution in [1.29, 1.82) is 0 Å². The number of hydrogen-bond donors (Lipinski definition) is 2. The van der Waals surface area contributed by atoms with Gasteiger partial charge in [0.25, 0.3) is 11.8 Å². The molecule has 0 spiro atoms. The number of benzene rings is 1. The number of rotatable bonds is 4. The zero-order valence-corrected chi connectivity index (χ0v) is 16.8. The van der Waals surface area contributed by atoms with E-state index < -0.39 is 23.4 Å². The molecule has 1 fully saturated rings. The van der Waals surface area contributed by atoms with E-state index in [9.17, 15) is 19.1 Å². The molecule has 8 heteroatoms. The van der Waals surface area contributed by atoms with Crippen molar-refractivity contribution in [2.24, 2.45) is 0 Å². The first-order valence-corrected chi connectivity index (χ1v) is 10.4. The summed E-state index contributed by atoms with van der Waals surface area (Å²) in [6.07, 6.45) is 1.55. The number of carbonyl (C=O) groups excluding carboxylic acids is 2. The molecule has 3 heterocycles. The smallest absolute Gasteiger partial charge is 0.254 e. The molecule has 0 saturated carbocycles. The maximum Gasteiger partial charge on any atom is 0.254 e. The minimum atomic E-state index is -1.11. The second kappa shape index (κ2) is 8.33. The predicted octanol–water partition coefficient (Wildman–Crippen LogP) is 2.81. The molecule has 1 saturated heterocycles. The van der Waals surface area contributed by atoms with Gasteiger partial charge in [-0.25, -0.2) is 4.39 Å². The molecule has 154 valence electrons. The van der Waals surface area contributed by atoms with E-state index in [0.717, 1.165) is 17.8 Å². The second-order valence-electron chi connectivity index (χ2n) is 7.21. The van der Waals surface area contributed by atoms with Crippen LogP contribution in [0.4, 0.5) is 4.39 Å². The van der Waals surface area contributed by atoms with E-state index in [-0.39, 0.29) is 18.0 Å². The van der Waals surface area contributed by atoms with Crippen molar-refractivity contribution in [3.05, 3.63) is 88.1 Å². The fraction of sp³-hybridized carbons (Fsp3) is 0.227. The summed E-state index contributed by atoms with van der Waals surface area (Å²) in [7, 11) is 0. The van der Waals surface area contributed by atoms with Crippen LogP contribution in [0.1, 0.15) is 32.7 Å². The third-order valence-corrected chi connectivity index (χ3v) is 6.07. The van der Waals surface area contributed by atoms with Crippen LogP contribution in [0.5, 0.6) is 0 Å². The summed E-state index contributed by atoms with van der Waals surface area (Å²) in [6, 6.07) is 12.0. The molecule has 0 unspecified atom stereocenters. The summed E-state index contributed by atoms with van der Waals surface area (Å²) in [5.74, 6) is -1.31. The van der Waals surface area contributed by atoms with Crippen LogP contribution in [0.15, 0.2) is 65.6 Å². The predicted molar refractivity (Wildman–Crippen MR) is 111 cm³/mol. The van der Waals surface area contributed by atoms with Gasteiger partial charge in [0.2, 0.25) is 0 Å². The fourth-order valence-electron chi connectivity index (χ4n) is 3.79. The van der Waals surface area contributed by atoms with Crippen LogP contribution in [0.3, 0.4) is 0 Å². The van der Waals surface area contributed by atoms with Crippen molar-refractivity contribution < 1.29 is 19.1 Å². The lowest BCUT2D eigenvalue weighted by molar-refractivity contribution is -0.0107. The normalized spacial score (nSPS) is 21.3. The van der Waals surface area contributed by atoms with E-state index in [0.29, 0.717) is 18.5 Å². The van der Waals surface area contributed by atoms with Gasteiger partial charge < -0.3 is 15.3 Å². The number of carbonyl (C=O) groups is 2. The molecule has 2 N–H and O–H groups in total. The summed E-state index contributed by atoms with van der Waals surface area (Å²) in [5.41, 5.74) is 0.247. The van der Waals surface area contributed by atoms with Crippen LogP contribution in [-0.2, 0) is 5.54 Å². The van der Waals surface area contributed by atoms with Gasteiger partial charge in [0.15, 0.2) is 0 Å². The maximum absolute atomic E-state index is 13.5. The Morgan fingerprint density at radius 2 is 2.00 bits per heavy atom. The monoisotopic (exact) mass is 425 g/mol. The zero-order valence-electron chi connectivity index (χ0n) is 16.0. The molecular formula is C22H20FN3O3S. The number of nitrogens with one attached hydrogen (secondary N) is 1. The number of pyridine rings is 1. The third kappa shape index (κ3) is 3.83. The molecule has 0 aliphatic carbocycles. The molecule has 2 amide bonds. The van der Waals surface area contributed by atoms with Gasteiger partial charge in [-0.3, -0.25) is 14.6 Å². The maximum atomic E-state index is 13.5. The number of aliphatic hydroxyl groups excluding tert-OH is 1. The van der Waals surface area contributed by atoms with Crippen LogP contribution in [0, 0.1) is 5.82 Å². The summed E-state index contributed by atoms with van der Waals surface area (Å²) >= 11 is 1.43. The van der Waals surface area contributed by atoms with Crippen molar-refractivity contribution >= 4 is 23.2 Å². The Bertz CT molecular complexity index is 1040. The Morgan fingerprint density at radius 3 is 2.67 bits per heavy atom. The van der Waals surface area contributed by atoms with Crippen molar-refractivity contribution in [2.75, 3.05) is 13.1 Å². The van der Waals surface area contributed by atoms with Gasteiger partial charge in [-0.2, -0.15) is 11.3 Å². The first kappa shape index (κ1) is 20.2. The number of aromatic nitrogens is 1. The average molecular weight is 425 g/mol. The van der Waals surface area contributed by atoms with Crippen LogP contribution < -0.4 is 5.32 Å². The number of thiophene rings is 1. The van der Waals surface area contributed by atoms with Gasteiger partial charge in [0.1, 0.15) is 5.82 Å². The number of amides is 2. The van der Waals surface area contributed by atoms with Crippen molar-refractivity contribution in [3.63, 3.8) is 0 Å². The molecule has 0 bridgehead atoms. The standard InChI is InChI=1S/C22H20FN3O3S/c23-18-10-16(11-24-12-18)20(28)25-22(17-4-2-1-3-5-17)7-8-26(13-19(22)27)21(29)15-6-9-30-14-15/h1-6,9-12,14,19,27H,7-8,13H2,(H,25,28)/t19-,22+/m1/s1. The number of halogens is 1. The molecule has 6 nitrogen and oxygen atoms in total. The van der Waals surface area contributed by atoms with Gasteiger partial charge in [-0.1, -0.05) is 30.3 Å². The minimum absolute atomic E-state index is 0.0608. The van der Waals surface area contributed by atoms with E-state index in [2.05, 4.69) is 10.3 Å². The number of hydrogen-bond acceptors (Lipinski definition) is 5. The molecule has 4 rings (SSSR count). The van der Waals surface area contributed by atoms with Crippen LogP contribution >= 0.6 is 11.3 Å². The average Bonchev–Trinajstić information content (AvgIpc) is 3.30. The largest absolute Gasteiger partial charge is 0.388 e. The van der Waals surface area contributed by atoms with Crippen molar-refractivity contribution in [3.8, 4) is 0 Å². The Balaban J connectivity index is 1.62. The first-order chi connectivity index (χ1) is 14.5. The molecular weight excluding hydrogens is 405 g/mol. The van der Waals surface area contributed by atoms with Crippen LogP contribution in [0.2, 0.25) is 0 Å². The molecule has 0 radical (unpaired) electrons. The topological polar surface area (TPSA) is 82.5 Å². The second-order valence-corrected chi connectivity index (χ2v) is 7.99. The van der Waals surface area contributed by atoms with Gasteiger partial charge in [0, 0.05) is 24.7 Å². The molecule has 2 aromatic heterocycles. The van der Waals surface area contributed by atoms with E-state index >= 15 is 0 Å². The number of piperidine rings is 1. The zero-order chi connectivity index (χ0) is 21.1. The molecule has 2 atom stereocenters. The van der Waals surface area contributed by atoms with Gasteiger partial charge in [-0.15, -0.1) is 0 Å². The number of likely N-dealkylation sites (tertiary alicyclic amines) is 1. The number of nitrogens with zero attached hydrogens (tertiary/aromatic N) is 2. The van der Waals surface area contributed by atoms with Gasteiger partial charge in [-0.05, 0) is 29.5 Å². The summed E-state index contributed by atoms with van der Waals surface area (Å²) in [5, 5.41) is 17.6. The Labute approximate surface area is 177 Å². The van der Waals surface area contributed by atoms with Crippen LogP contribution in [0.25, 0.3) is 0 Å². The lowest BCUT2D eigenvalue weighted by Crippen LogP contribution is -2.62. The Hall–Kier alpha value is -3.10. The van der Waals surface area contributed by atoms with Crippen molar-refractivity contribution in [2.45, 2.75) is 18.1 Å². The molecule has 1 aliphatic heterocycles. The molecule has 3 aromatic rings. The lowest BCUT2D eigenvalue weighted by atomic mass is 9.78. The quantitative estimate of drug-likeness (QED) is 0.674. The lowest BCUT2D eigenvalue weighted by Gasteiger charge is -2.46. The SMILES string of the molecule is O=C(N[C@]1(c2ccccc2)CCN(C(=O)c2ccsc2)C[C@H]1O)c1cncc(F)c1. The molecule has 1 aliphatic rings. The van der Waals surface area contributed by atoms with E-state index in [1.165, 1.54) is 17.5 Å². The fourth-order valence-corrected chi connectivity index (χ4v) is 4.42. The van der Waals surface area contributed by atoms with Gasteiger partial charge in [0.05, 0.1) is 29.0 Å². The summed E-state index contributed by atoms with van der Waals surface area (Å²) in [6.45, 7) is 0.410. The summed E-state index contributed by atoms with van der Waals surface area (Å²) in [4.78, 5) is 30.9. The van der Waals surface area contributed by atoms with Gasteiger partial charge >= 0.3 is 0 Å². The Kier molecular flexibility index (Phi) is 5.61. The first-order valence-electron chi connectivity index (χ1n) is 9.48. The Morgan fingerprint density at radius 1 is 1.20 bits per heavy atom. The highest BCUT2D eigenvalue weighted by molar-refractivity contribution is 7.08. The highest BCUT2D eigenvalue weighted by atomic mass is 32.1. The highest BCUT2D eigenvalue weighted by Crippen LogP contribution is 2.34. The van der Waals surface area contributed by atoms with E-state index in [1.807, 2.05) is 35.7 Å². The van der Waals surface area contributed by atoms with E-state index in [1.54, 1.807) is 16.3 Å². The minimum Gasteiger partial charge on any atom is -0.388 e. The summed E-state index contributed by atoms with van der Waals surface area (Å²) < 4.78 is 13.5. The highest BCUT2D eigenvalue weighted by Gasteiger charge is 2.46. The number of aliphatic hydroxyl groups is 1. The number of β-amino-alcohol motifs (C(OH)–C–C–N with tert-alkyl or cyclic N) is 1. The molecule has 30 heavy (non-hydrogen) atoms. The van der Waals surface area contributed by atoms with E-state index in [4.69, 9.17) is 0 Å². The van der Waals surface area contributed by atoms with Crippen LogP contribution in [-0.4, -0.2) is 46.0 Å². The molecule has 1 aromatic carbocycles. The third-order valence-electron chi connectivity index (χ3n) is 5.39.